The Kier molecular flexibility index (Phi) is 3.73. The first-order chi connectivity index (χ1) is 9.56. The van der Waals surface area contributed by atoms with Gasteiger partial charge in [-0.1, -0.05) is 47.5 Å². The zero-order valence-corrected chi connectivity index (χ0v) is 12.6. The van der Waals surface area contributed by atoms with E-state index in [1.165, 1.54) is 6.07 Å². The monoisotopic (exact) mass is 327 g/mol. The molecule has 0 aliphatic heterocycles. The number of thiophene rings is 1. The second kappa shape index (κ2) is 5.37. The Labute approximate surface area is 130 Å². The summed E-state index contributed by atoms with van der Waals surface area (Å²) in [6.45, 7) is 0. The van der Waals surface area contributed by atoms with Gasteiger partial charge in [-0.05, 0) is 17.2 Å². The van der Waals surface area contributed by atoms with Crippen LogP contribution in [0.2, 0.25) is 8.67 Å². The van der Waals surface area contributed by atoms with E-state index in [4.69, 9.17) is 23.2 Å². The van der Waals surface area contributed by atoms with Crippen LogP contribution in [0.5, 0.6) is 0 Å². The van der Waals surface area contributed by atoms with Gasteiger partial charge in [-0.25, -0.2) is 0 Å². The summed E-state index contributed by atoms with van der Waals surface area (Å²) in [6.07, 6.45) is -0.0802. The van der Waals surface area contributed by atoms with Crippen LogP contribution in [0.25, 0.3) is 0 Å². The molecule has 2 aromatic rings. The van der Waals surface area contributed by atoms with Crippen LogP contribution in [0.1, 0.15) is 27.5 Å². The average molecular weight is 328 g/mol. The van der Waals surface area contributed by atoms with Gasteiger partial charge in [0.05, 0.1) is 22.0 Å². The maximum absolute atomic E-state index is 12.2. The highest BCUT2D eigenvalue weighted by molar-refractivity contribution is 7.20. The Morgan fingerprint density at radius 2 is 2.10 bits per heavy atom. The van der Waals surface area contributed by atoms with E-state index in [1.807, 2.05) is 24.3 Å². The number of fused-ring (bicyclic) bond motifs is 1. The number of aliphatic hydroxyl groups is 1. The number of carbonyl (C=O) groups excluding carboxylic acids is 1. The highest BCUT2D eigenvalue weighted by Crippen LogP contribution is 2.34. The summed E-state index contributed by atoms with van der Waals surface area (Å²) < 4.78 is 0.820. The Balaban J connectivity index is 1.85. The van der Waals surface area contributed by atoms with Crippen LogP contribution in [-0.4, -0.2) is 17.1 Å². The molecular formula is C14H11Cl2NO2S. The Morgan fingerprint density at radius 1 is 1.35 bits per heavy atom. The zero-order chi connectivity index (χ0) is 14.3. The Morgan fingerprint density at radius 3 is 2.80 bits per heavy atom. The Bertz CT molecular complexity index is 671. The fourth-order valence-corrected chi connectivity index (χ4v) is 3.92. The van der Waals surface area contributed by atoms with Gasteiger partial charge in [-0.15, -0.1) is 11.3 Å². The largest absolute Gasteiger partial charge is 0.390 e. The molecule has 1 aliphatic carbocycles. The molecule has 1 amide bonds. The molecule has 1 aliphatic rings. The molecule has 1 heterocycles. The third kappa shape index (κ3) is 2.44. The van der Waals surface area contributed by atoms with Gasteiger partial charge in [0.15, 0.2) is 0 Å². The summed E-state index contributed by atoms with van der Waals surface area (Å²) in [4.78, 5) is 12.2. The summed E-state index contributed by atoms with van der Waals surface area (Å²) in [5.41, 5.74) is 2.35. The first-order valence-corrected chi connectivity index (χ1v) is 7.65. The normalized spacial score (nSPS) is 20.8. The number of hydrogen-bond acceptors (Lipinski definition) is 3. The number of amides is 1. The molecule has 1 aromatic carbocycles. The lowest BCUT2D eigenvalue weighted by atomic mass is 10.1. The lowest BCUT2D eigenvalue weighted by Gasteiger charge is -2.17. The van der Waals surface area contributed by atoms with Crippen LogP contribution >= 0.6 is 34.5 Å². The van der Waals surface area contributed by atoms with Gasteiger partial charge >= 0.3 is 0 Å². The molecular weight excluding hydrogens is 317 g/mol. The third-order valence-electron chi connectivity index (χ3n) is 3.39. The van der Waals surface area contributed by atoms with Crippen LogP contribution in [0.15, 0.2) is 30.3 Å². The van der Waals surface area contributed by atoms with E-state index >= 15 is 0 Å². The molecule has 1 aromatic heterocycles. The number of rotatable bonds is 2. The van der Waals surface area contributed by atoms with Gasteiger partial charge in [-0.3, -0.25) is 4.79 Å². The average Bonchev–Trinajstić information content (AvgIpc) is 2.90. The van der Waals surface area contributed by atoms with Gasteiger partial charge < -0.3 is 10.4 Å². The van der Waals surface area contributed by atoms with Crippen molar-refractivity contribution in [2.45, 2.75) is 18.6 Å². The third-order valence-corrected chi connectivity index (χ3v) is 4.88. The molecule has 3 rings (SSSR count). The predicted molar refractivity (Wildman–Crippen MR) is 80.7 cm³/mol. The summed E-state index contributed by atoms with van der Waals surface area (Å²) >= 11 is 13.0. The minimum absolute atomic E-state index is 0.320. The SMILES string of the molecule is O=C(N[C@@H]1c2ccccc2C[C@@H]1O)c1cc(Cl)sc1Cl. The molecule has 2 N–H and O–H groups in total. The molecule has 104 valence electrons. The molecule has 20 heavy (non-hydrogen) atoms. The van der Waals surface area contributed by atoms with E-state index in [-0.39, 0.29) is 5.91 Å². The molecule has 0 spiro atoms. The van der Waals surface area contributed by atoms with Gasteiger partial charge in [-0.2, -0.15) is 0 Å². The predicted octanol–water partition coefficient (Wildman–Crippen LogP) is 3.44. The standard InChI is InChI=1S/C14H11Cl2NO2S/c15-11-6-9(13(16)20-11)14(19)17-12-8-4-2-1-3-7(8)5-10(12)18/h1-4,6,10,12,18H,5H2,(H,17,19)/t10-,12+/m0/s1. The molecule has 0 radical (unpaired) electrons. The van der Waals surface area contributed by atoms with Crippen molar-refractivity contribution in [2.75, 3.05) is 0 Å². The maximum atomic E-state index is 12.2. The van der Waals surface area contributed by atoms with Crippen LogP contribution < -0.4 is 5.32 Å². The first-order valence-electron chi connectivity index (χ1n) is 6.08. The molecule has 0 bridgehead atoms. The fraction of sp³-hybridized carbons (Fsp3) is 0.214. The van der Waals surface area contributed by atoms with Gasteiger partial charge in [0, 0.05) is 6.42 Å². The minimum atomic E-state index is -0.621. The molecule has 3 nitrogen and oxygen atoms in total. The van der Waals surface area contributed by atoms with Crippen molar-refractivity contribution >= 4 is 40.4 Å². The summed E-state index contributed by atoms with van der Waals surface area (Å²) in [5, 5.41) is 12.9. The second-order valence-electron chi connectivity index (χ2n) is 4.66. The van der Waals surface area contributed by atoms with Gasteiger partial charge in [0.25, 0.3) is 5.91 Å². The van der Waals surface area contributed by atoms with Crippen molar-refractivity contribution in [3.8, 4) is 0 Å². The number of nitrogens with one attached hydrogen (secondary N) is 1. The molecule has 0 saturated carbocycles. The van der Waals surface area contributed by atoms with Crippen molar-refractivity contribution < 1.29 is 9.90 Å². The van der Waals surface area contributed by atoms with Crippen molar-refractivity contribution in [1.29, 1.82) is 0 Å². The first kappa shape index (κ1) is 13.9. The molecule has 0 fully saturated rings. The highest BCUT2D eigenvalue weighted by atomic mass is 35.5. The van der Waals surface area contributed by atoms with Crippen LogP contribution in [0.4, 0.5) is 0 Å². The Hall–Kier alpha value is -1.07. The number of hydrogen-bond donors (Lipinski definition) is 2. The van der Waals surface area contributed by atoms with Crippen molar-refractivity contribution in [2.24, 2.45) is 0 Å². The van der Waals surface area contributed by atoms with Crippen LogP contribution in [0, 0.1) is 0 Å². The zero-order valence-electron chi connectivity index (χ0n) is 10.3. The minimum Gasteiger partial charge on any atom is -0.390 e. The molecule has 0 saturated heterocycles. The van der Waals surface area contributed by atoms with E-state index in [0.29, 0.717) is 20.7 Å². The van der Waals surface area contributed by atoms with Gasteiger partial charge in [0.1, 0.15) is 4.34 Å². The lowest BCUT2D eigenvalue weighted by Crippen LogP contribution is -2.33. The van der Waals surface area contributed by atoms with Crippen molar-refractivity contribution in [3.05, 3.63) is 55.7 Å². The van der Waals surface area contributed by atoms with E-state index in [1.54, 1.807) is 0 Å². The molecule has 0 unspecified atom stereocenters. The van der Waals surface area contributed by atoms with E-state index in [0.717, 1.165) is 22.5 Å². The summed E-state index contributed by atoms with van der Waals surface area (Å²) in [7, 11) is 0. The molecule has 2 atom stereocenters. The number of halogens is 2. The lowest BCUT2D eigenvalue weighted by molar-refractivity contribution is 0.0859. The smallest absolute Gasteiger partial charge is 0.254 e. The van der Waals surface area contributed by atoms with Crippen molar-refractivity contribution in [3.63, 3.8) is 0 Å². The van der Waals surface area contributed by atoms with Gasteiger partial charge in [0.2, 0.25) is 0 Å². The highest BCUT2D eigenvalue weighted by Gasteiger charge is 2.32. The van der Waals surface area contributed by atoms with E-state index in [9.17, 15) is 9.90 Å². The van der Waals surface area contributed by atoms with Crippen LogP contribution in [-0.2, 0) is 6.42 Å². The maximum Gasteiger partial charge on any atom is 0.254 e. The topological polar surface area (TPSA) is 49.3 Å². The van der Waals surface area contributed by atoms with Crippen LogP contribution in [0.3, 0.4) is 0 Å². The molecule has 6 heteroatoms. The van der Waals surface area contributed by atoms with E-state index in [2.05, 4.69) is 5.32 Å². The van der Waals surface area contributed by atoms with E-state index < -0.39 is 12.1 Å². The summed E-state index contributed by atoms with van der Waals surface area (Å²) in [6, 6.07) is 8.82. The summed E-state index contributed by atoms with van der Waals surface area (Å²) in [5.74, 6) is -0.320. The quantitative estimate of drug-likeness (QED) is 0.887. The number of benzene rings is 1. The fourth-order valence-electron chi connectivity index (χ4n) is 2.46. The number of aliphatic hydroxyl groups excluding tert-OH is 1. The second-order valence-corrected chi connectivity index (χ2v) is 6.94. The van der Waals surface area contributed by atoms with Crippen molar-refractivity contribution in [1.82, 2.24) is 5.32 Å². The number of carbonyl (C=O) groups is 1.